The van der Waals surface area contributed by atoms with E-state index in [0.29, 0.717) is 12.5 Å². The van der Waals surface area contributed by atoms with Gasteiger partial charge in [0.2, 0.25) is 0 Å². The Bertz CT molecular complexity index is 110. The van der Waals surface area contributed by atoms with E-state index in [4.69, 9.17) is 10.0 Å². The molecule has 0 rings (SSSR count). The highest BCUT2D eigenvalue weighted by molar-refractivity contribution is 6.32. The summed E-state index contributed by atoms with van der Waals surface area (Å²) >= 11 is 0. The molecular weight excluding hydrogens is 171 g/mol. The highest BCUT2D eigenvalue weighted by Crippen LogP contribution is 2.12. The summed E-state index contributed by atoms with van der Waals surface area (Å²) in [6.07, 6.45) is 4.45. The van der Waals surface area contributed by atoms with Crippen molar-refractivity contribution in [2.45, 2.75) is 39.5 Å². The molecule has 78 valence electrons. The Morgan fingerprint density at radius 2 is 2.00 bits per heavy atom. The predicted molar refractivity (Wildman–Crippen MR) is 50.5 cm³/mol. The predicted octanol–water partition coefficient (Wildman–Crippen LogP) is 1.12. The van der Waals surface area contributed by atoms with Crippen LogP contribution >= 0.6 is 0 Å². The first-order valence-electron chi connectivity index (χ1n) is 4.85. The highest BCUT2D eigenvalue weighted by atomic mass is 17.2. The molecule has 1 unspecified atom stereocenters. The summed E-state index contributed by atoms with van der Waals surface area (Å²) in [7, 11) is -1.83. The minimum atomic E-state index is -1.83. The van der Waals surface area contributed by atoms with Gasteiger partial charge in [0.1, 0.15) is 0 Å². The van der Waals surface area contributed by atoms with E-state index in [1.807, 2.05) is 0 Å². The third kappa shape index (κ3) is 8.24. The molecular formula is C8H19BO4. The van der Waals surface area contributed by atoms with Crippen LogP contribution in [0.25, 0.3) is 0 Å². The molecule has 0 aliphatic rings. The molecule has 0 saturated heterocycles. The summed E-state index contributed by atoms with van der Waals surface area (Å²) in [4.78, 5) is 8.81. The molecule has 2 N–H and O–H groups in total. The van der Waals surface area contributed by atoms with Gasteiger partial charge in [-0.15, -0.1) is 0 Å². The Hall–Kier alpha value is -0.0951. The van der Waals surface area contributed by atoms with Crippen molar-refractivity contribution >= 4 is 7.32 Å². The van der Waals surface area contributed by atoms with Gasteiger partial charge < -0.3 is 10.0 Å². The summed E-state index contributed by atoms with van der Waals surface area (Å²) in [5.41, 5.74) is 0. The molecule has 4 nitrogen and oxygen atoms in total. The van der Waals surface area contributed by atoms with Gasteiger partial charge in [-0.2, -0.15) is 0 Å². The molecule has 0 radical (unpaired) electrons. The van der Waals surface area contributed by atoms with Crippen molar-refractivity contribution in [2.75, 3.05) is 6.61 Å². The fraction of sp³-hybridized carbons (Fsp3) is 1.00. The second-order valence-corrected chi connectivity index (χ2v) is 3.12. The van der Waals surface area contributed by atoms with Crippen molar-refractivity contribution in [3.05, 3.63) is 0 Å². The molecule has 0 aromatic rings. The number of rotatable bonds is 8. The SMILES string of the molecule is CCCCC(CC)COOB(O)O. The fourth-order valence-electron chi connectivity index (χ4n) is 1.09. The van der Waals surface area contributed by atoms with Gasteiger partial charge in [0.25, 0.3) is 0 Å². The zero-order valence-electron chi connectivity index (χ0n) is 8.40. The van der Waals surface area contributed by atoms with Crippen molar-refractivity contribution in [3.63, 3.8) is 0 Å². The lowest BCUT2D eigenvalue weighted by molar-refractivity contribution is -0.243. The van der Waals surface area contributed by atoms with Crippen LogP contribution in [0.4, 0.5) is 0 Å². The van der Waals surface area contributed by atoms with Crippen LogP contribution in [0.15, 0.2) is 0 Å². The molecule has 5 heteroatoms. The van der Waals surface area contributed by atoms with Gasteiger partial charge in [0.05, 0.1) is 6.61 Å². The Morgan fingerprint density at radius 3 is 2.46 bits per heavy atom. The zero-order valence-corrected chi connectivity index (χ0v) is 8.40. The summed E-state index contributed by atoms with van der Waals surface area (Å²) in [5, 5.41) is 16.6. The second-order valence-electron chi connectivity index (χ2n) is 3.12. The first-order chi connectivity index (χ1) is 6.20. The Morgan fingerprint density at radius 1 is 1.31 bits per heavy atom. The molecule has 13 heavy (non-hydrogen) atoms. The van der Waals surface area contributed by atoms with Crippen LogP contribution in [-0.4, -0.2) is 24.0 Å². The number of hydrogen-bond donors (Lipinski definition) is 2. The van der Waals surface area contributed by atoms with E-state index in [1.165, 1.54) is 12.8 Å². The maximum absolute atomic E-state index is 8.32. The van der Waals surface area contributed by atoms with Crippen molar-refractivity contribution in [3.8, 4) is 0 Å². The van der Waals surface area contributed by atoms with Crippen LogP contribution < -0.4 is 0 Å². The van der Waals surface area contributed by atoms with E-state index < -0.39 is 7.32 Å². The first kappa shape index (κ1) is 12.9. The lowest BCUT2D eigenvalue weighted by Crippen LogP contribution is -2.20. The van der Waals surface area contributed by atoms with Crippen LogP contribution in [0.5, 0.6) is 0 Å². The van der Waals surface area contributed by atoms with Gasteiger partial charge in [-0.3, -0.25) is 0 Å². The molecule has 0 aromatic heterocycles. The highest BCUT2D eigenvalue weighted by Gasteiger charge is 2.12. The molecule has 1 atom stereocenters. The largest absolute Gasteiger partial charge is 0.662 e. The minimum absolute atomic E-state index is 0.425. The van der Waals surface area contributed by atoms with Crippen molar-refractivity contribution < 1.29 is 19.7 Å². The van der Waals surface area contributed by atoms with E-state index in [-0.39, 0.29) is 0 Å². The van der Waals surface area contributed by atoms with Gasteiger partial charge in [0, 0.05) is 0 Å². The van der Waals surface area contributed by atoms with Crippen LogP contribution in [0.2, 0.25) is 0 Å². The van der Waals surface area contributed by atoms with Crippen LogP contribution in [0.1, 0.15) is 39.5 Å². The number of hydrogen-bond acceptors (Lipinski definition) is 4. The third-order valence-corrected chi connectivity index (χ3v) is 2.00. The standard InChI is InChI=1S/C8H19BO4/c1-3-5-6-8(4-2)7-12-13-9(10)11/h8,10-11H,3-7H2,1-2H3. The summed E-state index contributed by atoms with van der Waals surface area (Å²) in [5.74, 6) is 0.443. The average molecular weight is 190 g/mol. The molecule has 0 amide bonds. The maximum atomic E-state index is 8.32. The van der Waals surface area contributed by atoms with Gasteiger partial charge in [-0.05, 0) is 12.3 Å². The quantitative estimate of drug-likeness (QED) is 0.342. The van der Waals surface area contributed by atoms with Crippen molar-refractivity contribution in [1.29, 1.82) is 0 Å². The van der Waals surface area contributed by atoms with Gasteiger partial charge >= 0.3 is 7.32 Å². The van der Waals surface area contributed by atoms with E-state index >= 15 is 0 Å². The van der Waals surface area contributed by atoms with Gasteiger partial charge in [0.15, 0.2) is 0 Å². The Kier molecular flexibility index (Phi) is 8.44. The molecule has 0 saturated carbocycles. The molecule has 0 aliphatic heterocycles. The van der Waals surface area contributed by atoms with E-state index in [2.05, 4.69) is 23.5 Å². The molecule has 0 heterocycles. The van der Waals surface area contributed by atoms with E-state index in [1.54, 1.807) is 0 Å². The van der Waals surface area contributed by atoms with Crippen molar-refractivity contribution in [1.82, 2.24) is 0 Å². The van der Waals surface area contributed by atoms with E-state index in [0.717, 1.165) is 12.8 Å². The lowest BCUT2D eigenvalue weighted by Gasteiger charge is -2.13. The Balaban J connectivity index is 3.36. The molecule has 0 aromatic carbocycles. The number of unbranched alkanes of at least 4 members (excludes halogenated alkanes) is 1. The van der Waals surface area contributed by atoms with Crippen molar-refractivity contribution in [2.24, 2.45) is 5.92 Å². The molecule has 0 spiro atoms. The van der Waals surface area contributed by atoms with Gasteiger partial charge in [-0.25, -0.2) is 9.69 Å². The molecule has 0 bridgehead atoms. The smallest absolute Gasteiger partial charge is 0.400 e. The monoisotopic (exact) mass is 190 g/mol. The summed E-state index contributed by atoms with van der Waals surface area (Å²) < 4.78 is 0. The van der Waals surface area contributed by atoms with Crippen LogP contribution in [0, 0.1) is 5.92 Å². The zero-order chi connectivity index (χ0) is 10.1. The fourth-order valence-corrected chi connectivity index (χ4v) is 1.09. The topological polar surface area (TPSA) is 58.9 Å². The van der Waals surface area contributed by atoms with Crippen LogP contribution in [0.3, 0.4) is 0 Å². The molecule has 0 fully saturated rings. The minimum Gasteiger partial charge on any atom is -0.400 e. The van der Waals surface area contributed by atoms with E-state index in [9.17, 15) is 0 Å². The lowest BCUT2D eigenvalue weighted by atomic mass is 10.0. The van der Waals surface area contributed by atoms with Gasteiger partial charge in [-0.1, -0.05) is 33.1 Å². The van der Waals surface area contributed by atoms with Crippen LogP contribution in [-0.2, 0) is 9.69 Å². The maximum Gasteiger partial charge on any atom is 0.662 e. The molecule has 0 aliphatic carbocycles. The average Bonchev–Trinajstić information content (AvgIpc) is 2.10. The summed E-state index contributed by atoms with van der Waals surface area (Å²) in [6, 6.07) is 0. The Labute approximate surface area is 80.0 Å². The third-order valence-electron chi connectivity index (χ3n) is 2.00. The normalized spacial score (nSPS) is 12.9. The summed E-state index contributed by atoms with van der Waals surface area (Å²) in [6.45, 7) is 4.65. The first-order valence-corrected chi connectivity index (χ1v) is 4.85. The second kappa shape index (κ2) is 8.50.